The highest BCUT2D eigenvalue weighted by molar-refractivity contribution is 6.15. The molecule has 0 bridgehead atoms. The summed E-state index contributed by atoms with van der Waals surface area (Å²) in [5.74, 6) is 1.86. The summed E-state index contributed by atoms with van der Waals surface area (Å²) in [5, 5.41) is 6.63. The third-order valence-electron chi connectivity index (χ3n) is 8.52. The molecule has 9 rings (SSSR count). The molecular formula is C41H25N3O. The zero-order chi connectivity index (χ0) is 29.7. The number of rotatable bonds is 4. The number of benzene rings is 7. The van der Waals surface area contributed by atoms with E-state index >= 15 is 0 Å². The number of hydrogen-bond acceptors (Lipinski definition) is 4. The monoisotopic (exact) mass is 575 g/mol. The van der Waals surface area contributed by atoms with Gasteiger partial charge in [0.25, 0.3) is 0 Å². The Kier molecular flexibility index (Phi) is 5.78. The highest BCUT2D eigenvalue weighted by atomic mass is 16.3. The fourth-order valence-electron chi connectivity index (χ4n) is 6.39. The van der Waals surface area contributed by atoms with Crippen molar-refractivity contribution in [3.8, 4) is 45.3 Å². The average Bonchev–Trinajstić information content (AvgIpc) is 3.51. The Morgan fingerprint density at radius 1 is 0.356 bits per heavy atom. The lowest BCUT2D eigenvalue weighted by molar-refractivity contribution is 0.669. The summed E-state index contributed by atoms with van der Waals surface area (Å²) in [5.41, 5.74) is 6.76. The van der Waals surface area contributed by atoms with Crippen molar-refractivity contribution in [2.75, 3.05) is 0 Å². The number of nitrogens with zero attached hydrogens (tertiary/aromatic N) is 3. The highest BCUT2D eigenvalue weighted by Gasteiger charge is 2.19. The lowest BCUT2D eigenvalue weighted by atomic mass is 9.93. The molecular weight excluding hydrogens is 550 g/mol. The van der Waals surface area contributed by atoms with E-state index in [1.165, 1.54) is 10.9 Å². The Balaban J connectivity index is 1.37. The van der Waals surface area contributed by atoms with E-state index < -0.39 is 0 Å². The largest absolute Gasteiger partial charge is 0.456 e. The van der Waals surface area contributed by atoms with E-state index in [9.17, 15) is 0 Å². The van der Waals surface area contributed by atoms with Gasteiger partial charge in [0.15, 0.2) is 17.5 Å². The van der Waals surface area contributed by atoms with Gasteiger partial charge in [0, 0.05) is 27.5 Å². The van der Waals surface area contributed by atoms with Crippen LogP contribution in [0, 0.1) is 0 Å². The lowest BCUT2D eigenvalue weighted by Gasteiger charge is -2.14. The van der Waals surface area contributed by atoms with Crippen molar-refractivity contribution in [2.45, 2.75) is 0 Å². The van der Waals surface area contributed by atoms with Gasteiger partial charge >= 0.3 is 0 Å². The van der Waals surface area contributed by atoms with Gasteiger partial charge in [-0.25, -0.2) is 15.0 Å². The first-order chi connectivity index (χ1) is 22.3. The number of furan rings is 1. The smallest absolute Gasteiger partial charge is 0.164 e. The molecule has 0 atom stereocenters. The van der Waals surface area contributed by atoms with Gasteiger partial charge in [-0.3, -0.25) is 0 Å². The van der Waals surface area contributed by atoms with Crippen LogP contribution in [0.5, 0.6) is 0 Å². The number of fused-ring (bicyclic) bond motifs is 6. The van der Waals surface area contributed by atoms with E-state index in [0.29, 0.717) is 17.5 Å². The van der Waals surface area contributed by atoms with Gasteiger partial charge in [0.05, 0.1) is 0 Å². The minimum atomic E-state index is 0.608. The fourth-order valence-corrected chi connectivity index (χ4v) is 6.39. The lowest BCUT2D eigenvalue weighted by Crippen LogP contribution is -2.01. The number of aromatic nitrogens is 3. The van der Waals surface area contributed by atoms with Crippen LogP contribution in [0.15, 0.2) is 156 Å². The molecule has 210 valence electrons. The van der Waals surface area contributed by atoms with Crippen molar-refractivity contribution < 1.29 is 4.42 Å². The molecule has 0 saturated heterocycles. The second kappa shape index (κ2) is 10.2. The Morgan fingerprint density at radius 3 is 1.82 bits per heavy atom. The zero-order valence-corrected chi connectivity index (χ0v) is 24.2. The molecule has 0 aliphatic rings. The first kappa shape index (κ1) is 25.4. The normalized spacial score (nSPS) is 11.6. The molecule has 0 fully saturated rings. The van der Waals surface area contributed by atoms with Gasteiger partial charge in [0.1, 0.15) is 11.2 Å². The van der Waals surface area contributed by atoms with Crippen LogP contribution < -0.4 is 0 Å². The molecule has 9 aromatic rings. The maximum atomic E-state index is 6.23. The molecule has 45 heavy (non-hydrogen) atoms. The molecule has 0 spiro atoms. The van der Waals surface area contributed by atoms with E-state index in [-0.39, 0.29) is 0 Å². The van der Waals surface area contributed by atoms with Crippen molar-refractivity contribution >= 4 is 43.5 Å². The topological polar surface area (TPSA) is 51.8 Å². The maximum absolute atomic E-state index is 6.23. The van der Waals surface area contributed by atoms with Gasteiger partial charge in [-0.05, 0) is 56.9 Å². The highest BCUT2D eigenvalue weighted by Crippen LogP contribution is 2.39. The minimum Gasteiger partial charge on any atom is -0.456 e. The average molecular weight is 576 g/mol. The van der Waals surface area contributed by atoms with E-state index in [1.54, 1.807) is 0 Å². The Hall–Kier alpha value is -6.13. The predicted molar refractivity (Wildman–Crippen MR) is 184 cm³/mol. The Labute approximate surface area is 259 Å². The fraction of sp³-hybridized carbons (Fsp3) is 0. The van der Waals surface area contributed by atoms with E-state index in [4.69, 9.17) is 19.4 Å². The summed E-state index contributed by atoms with van der Waals surface area (Å²) in [6.45, 7) is 0. The molecule has 0 unspecified atom stereocenters. The van der Waals surface area contributed by atoms with Gasteiger partial charge in [-0.1, -0.05) is 127 Å². The van der Waals surface area contributed by atoms with Gasteiger partial charge in [-0.2, -0.15) is 0 Å². The third kappa shape index (κ3) is 4.27. The first-order valence-electron chi connectivity index (χ1n) is 15.0. The zero-order valence-electron chi connectivity index (χ0n) is 24.2. The molecule has 0 N–H and O–H groups in total. The SMILES string of the molecule is c1ccc(-c2ccc3c(c2)c(-c2nc(-c4ccccc4)nc(-c4cccc5oc6ccccc6c45)n2)cc2ccccc23)cc1. The second-order valence-electron chi connectivity index (χ2n) is 11.2. The molecule has 0 saturated carbocycles. The first-order valence-corrected chi connectivity index (χ1v) is 15.0. The molecule has 2 heterocycles. The molecule has 0 aliphatic carbocycles. The summed E-state index contributed by atoms with van der Waals surface area (Å²) < 4.78 is 6.23. The third-order valence-corrected chi connectivity index (χ3v) is 8.52. The molecule has 4 heteroatoms. The van der Waals surface area contributed by atoms with Gasteiger partial charge in [0.2, 0.25) is 0 Å². The quantitative estimate of drug-likeness (QED) is 0.196. The van der Waals surface area contributed by atoms with Crippen LogP contribution in [-0.2, 0) is 0 Å². The standard InChI is InChI=1S/C41H25N3O/c1-3-12-26(13-4-1)28-22-23-31-30-17-8-7-16-29(30)25-35(34(31)24-28)41-43-39(27-14-5-2-6-15-27)42-40(44-41)33-19-11-21-37-38(33)32-18-9-10-20-36(32)45-37/h1-25H. The predicted octanol–water partition coefficient (Wildman–Crippen LogP) is 10.7. The van der Waals surface area contributed by atoms with Crippen LogP contribution in [0.4, 0.5) is 0 Å². The van der Waals surface area contributed by atoms with Crippen LogP contribution in [-0.4, -0.2) is 15.0 Å². The summed E-state index contributed by atoms with van der Waals surface area (Å²) in [6, 6.07) is 52.2. The minimum absolute atomic E-state index is 0.608. The summed E-state index contributed by atoms with van der Waals surface area (Å²) in [6.07, 6.45) is 0. The summed E-state index contributed by atoms with van der Waals surface area (Å²) >= 11 is 0. The Bertz CT molecular complexity index is 2540. The molecule has 0 aliphatic heterocycles. The number of hydrogen-bond donors (Lipinski definition) is 0. The van der Waals surface area contributed by atoms with Crippen LogP contribution in [0.3, 0.4) is 0 Å². The second-order valence-corrected chi connectivity index (χ2v) is 11.2. The van der Waals surface area contributed by atoms with E-state index in [1.807, 2.05) is 66.7 Å². The van der Waals surface area contributed by atoms with Crippen LogP contribution in [0.2, 0.25) is 0 Å². The van der Waals surface area contributed by atoms with Gasteiger partial charge < -0.3 is 4.42 Å². The van der Waals surface area contributed by atoms with Crippen molar-refractivity contribution in [2.24, 2.45) is 0 Å². The van der Waals surface area contributed by atoms with Crippen molar-refractivity contribution in [3.63, 3.8) is 0 Å². The molecule has 4 nitrogen and oxygen atoms in total. The summed E-state index contributed by atoms with van der Waals surface area (Å²) in [4.78, 5) is 15.5. The van der Waals surface area contributed by atoms with Crippen LogP contribution in [0.25, 0.3) is 88.8 Å². The van der Waals surface area contributed by atoms with Crippen LogP contribution in [0.1, 0.15) is 0 Å². The van der Waals surface area contributed by atoms with Crippen LogP contribution >= 0.6 is 0 Å². The molecule has 7 aromatic carbocycles. The van der Waals surface area contributed by atoms with E-state index in [0.717, 1.165) is 60.4 Å². The summed E-state index contributed by atoms with van der Waals surface area (Å²) in [7, 11) is 0. The van der Waals surface area contributed by atoms with Crippen molar-refractivity contribution in [1.82, 2.24) is 15.0 Å². The molecule has 2 aromatic heterocycles. The van der Waals surface area contributed by atoms with E-state index in [2.05, 4.69) is 84.9 Å². The molecule has 0 radical (unpaired) electrons. The molecule has 0 amide bonds. The number of para-hydroxylation sites is 1. The van der Waals surface area contributed by atoms with Crippen molar-refractivity contribution in [1.29, 1.82) is 0 Å². The maximum Gasteiger partial charge on any atom is 0.164 e. The van der Waals surface area contributed by atoms with Gasteiger partial charge in [-0.15, -0.1) is 0 Å². The Morgan fingerprint density at radius 2 is 1.00 bits per heavy atom. The van der Waals surface area contributed by atoms with Crippen molar-refractivity contribution in [3.05, 3.63) is 152 Å².